The lowest BCUT2D eigenvalue weighted by atomic mass is 10.0. The van der Waals surface area contributed by atoms with E-state index in [0.717, 1.165) is 19.0 Å². The first-order valence-electron chi connectivity index (χ1n) is 8.40. The average Bonchev–Trinajstić information content (AvgIpc) is 2.79. The van der Waals surface area contributed by atoms with Gasteiger partial charge in [-0.05, 0) is 31.2 Å². The highest BCUT2D eigenvalue weighted by molar-refractivity contribution is 7.11. The van der Waals surface area contributed by atoms with Gasteiger partial charge in [0.15, 0.2) is 0 Å². The summed E-state index contributed by atoms with van der Waals surface area (Å²) in [4.78, 5) is 8.95. The van der Waals surface area contributed by atoms with Gasteiger partial charge in [0.2, 0.25) is 0 Å². The molecule has 1 N–H and O–H groups in total. The zero-order valence-electron chi connectivity index (χ0n) is 14.3. The van der Waals surface area contributed by atoms with Gasteiger partial charge >= 0.3 is 0 Å². The molecule has 1 fully saturated rings. The summed E-state index contributed by atoms with van der Waals surface area (Å²) >= 11 is 1.91. The summed E-state index contributed by atoms with van der Waals surface area (Å²) in [6, 6.07) is 0.526. The molecule has 0 aliphatic carbocycles. The number of rotatable bonds is 6. The molecular weight excluding hydrogens is 278 g/mol. The van der Waals surface area contributed by atoms with Gasteiger partial charge in [-0.25, -0.2) is 4.98 Å². The Morgan fingerprint density at radius 1 is 1.33 bits per heavy atom. The second-order valence-corrected chi connectivity index (χ2v) is 8.26. The molecular formula is C17H31N3S. The molecule has 120 valence electrons. The maximum absolute atomic E-state index is 4.94. The van der Waals surface area contributed by atoms with Crippen molar-refractivity contribution in [3.63, 3.8) is 0 Å². The first kappa shape index (κ1) is 16.9. The van der Waals surface area contributed by atoms with Gasteiger partial charge in [-0.3, -0.25) is 4.90 Å². The number of hydrogen-bond acceptors (Lipinski definition) is 4. The van der Waals surface area contributed by atoms with Gasteiger partial charge < -0.3 is 5.32 Å². The molecule has 2 heterocycles. The fourth-order valence-electron chi connectivity index (χ4n) is 2.98. The van der Waals surface area contributed by atoms with Gasteiger partial charge in [0.1, 0.15) is 5.01 Å². The summed E-state index contributed by atoms with van der Waals surface area (Å²) < 4.78 is 0. The zero-order chi connectivity index (χ0) is 15.4. The zero-order valence-corrected chi connectivity index (χ0v) is 15.1. The molecule has 0 spiro atoms. The van der Waals surface area contributed by atoms with Gasteiger partial charge in [0.05, 0.1) is 12.2 Å². The van der Waals surface area contributed by atoms with E-state index < -0.39 is 0 Å². The number of nitrogens with zero attached hydrogens (tertiary/aromatic N) is 2. The molecule has 0 amide bonds. The van der Waals surface area contributed by atoms with Crippen LogP contribution in [-0.4, -0.2) is 29.0 Å². The van der Waals surface area contributed by atoms with Crippen LogP contribution in [0.3, 0.4) is 0 Å². The molecule has 1 aliphatic heterocycles. The van der Waals surface area contributed by atoms with Gasteiger partial charge in [0.25, 0.3) is 0 Å². The highest BCUT2D eigenvalue weighted by Crippen LogP contribution is 2.27. The van der Waals surface area contributed by atoms with E-state index in [9.17, 15) is 0 Å². The molecule has 0 saturated carbocycles. The van der Waals surface area contributed by atoms with Gasteiger partial charge in [-0.2, -0.15) is 0 Å². The SMILES string of the molecule is CC1CCCN(Cc2nc(C(C)C)c(CNC(C)C)s2)C1. The van der Waals surface area contributed by atoms with Crippen molar-refractivity contribution in [2.24, 2.45) is 5.92 Å². The first-order chi connectivity index (χ1) is 9.95. The summed E-state index contributed by atoms with van der Waals surface area (Å²) in [5.74, 6) is 1.35. The molecule has 0 bridgehead atoms. The fraction of sp³-hybridized carbons (Fsp3) is 0.824. The quantitative estimate of drug-likeness (QED) is 0.861. The van der Waals surface area contributed by atoms with Crippen LogP contribution in [0.5, 0.6) is 0 Å². The Hall–Kier alpha value is -0.450. The minimum atomic E-state index is 0.513. The summed E-state index contributed by atoms with van der Waals surface area (Å²) in [5, 5.41) is 4.84. The van der Waals surface area contributed by atoms with Crippen molar-refractivity contribution in [3.05, 3.63) is 15.6 Å². The van der Waals surface area contributed by atoms with E-state index in [1.807, 2.05) is 11.3 Å². The maximum Gasteiger partial charge on any atom is 0.107 e. The Balaban J connectivity index is 2.03. The average molecular weight is 310 g/mol. The van der Waals surface area contributed by atoms with Crippen LogP contribution < -0.4 is 5.32 Å². The molecule has 4 heteroatoms. The number of hydrogen-bond donors (Lipinski definition) is 1. The third-order valence-corrected chi connectivity index (χ3v) is 5.15. The van der Waals surface area contributed by atoms with Crippen molar-refractivity contribution in [2.45, 2.75) is 72.5 Å². The summed E-state index contributed by atoms with van der Waals surface area (Å²) in [6.45, 7) is 15.7. The van der Waals surface area contributed by atoms with Crippen LogP contribution in [0, 0.1) is 5.92 Å². The molecule has 1 aliphatic rings. The van der Waals surface area contributed by atoms with E-state index in [2.05, 4.69) is 44.8 Å². The number of likely N-dealkylation sites (tertiary alicyclic amines) is 1. The fourth-order valence-corrected chi connectivity index (χ4v) is 4.19. The molecule has 1 aromatic rings. The summed E-state index contributed by atoms with van der Waals surface area (Å²) in [7, 11) is 0. The third-order valence-electron chi connectivity index (χ3n) is 4.09. The molecule has 2 rings (SSSR count). The predicted octanol–water partition coefficient (Wildman–Crippen LogP) is 4.00. The Kier molecular flexibility index (Phi) is 6.20. The number of piperidine rings is 1. The van der Waals surface area contributed by atoms with Crippen molar-refractivity contribution in [1.82, 2.24) is 15.2 Å². The monoisotopic (exact) mass is 309 g/mol. The van der Waals surface area contributed by atoms with Crippen LogP contribution in [0.4, 0.5) is 0 Å². The molecule has 1 unspecified atom stereocenters. The summed E-state index contributed by atoms with van der Waals surface area (Å²) in [6.07, 6.45) is 2.72. The second kappa shape index (κ2) is 7.70. The number of thiazole rings is 1. The van der Waals surface area contributed by atoms with Crippen molar-refractivity contribution in [1.29, 1.82) is 0 Å². The van der Waals surface area contributed by atoms with Crippen molar-refractivity contribution < 1.29 is 0 Å². The Morgan fingerprint density at radius 3 is 2.71 bits per heavy atom. The van der Waals surface area contributed by atoms with Crippen molar-refractivity contribution in [2.75, 3.05) is 13.1 Å². The minimum absolute atomic E-state index is 0.513. The number of nitrogens with one attached hydrogen (secondary N) is 1. The Labute approximate surface area is 134 Å². The van der Waals surface area contributed by atoms with Crippen molar-refractivity contribution in [3.8, 4) is 0 Å². The van der Waals surface area contributed by atoms with Gasteiger partial charge in [-0.1, -0.05) is 34.6 Å². The molecule has 0 radical (unpaired) electrons. The lowest BCUT2D eigenvalue weighted by Crippen LogP contribution is -2.33. The van der Waals surface area contributed by atoms with E-state index in [1.165, 1.54) is 41.5 Å². The predicted molar refractivity (Wildman–Crippen MR) is 91.9 cm³/mol. The van der Waals surface area contributed by atoms with Gasteiger partial charge in [0, 0.05) is 24.0 Å². The van der Waals surface area contributed by atoms with E-state index in [-0.39, 0.29) is 0 Å². The molecule has 3 nitrogen and oxygen atoms in total. The minimum Gasteiger partial charge on any atom is -0.310 e. The maximum atomic E-state index is 4.94. The highest BCUT2D eigenvalue weighted by atomic mass is 32.1. The molecule has 1 saturated heterocycles. The highest BCUT2D eigenvalue weighted by Gasteiger charge is 2.20. The first-order valence-corrected chi connectivity index (χ1v) is 9.21. The lowest BCUT2D eigenvalue weighted by Gasteiger charge is -2.29. The molecule has 0 aromatic carbocycles. The second-order valence-electron chi connectivity index (χ2n) is 7.09. The van der Waals surface area contributed by atoms with Crippen LogP contribution in [0.1, 0.15) is 69.0 Å². The van der Waals surface area contributed by atoms with Crippen LogP contribution >= 0.6 is 11.3 Å². The van der Waals surface area contributed by atoms with E-state index in [4.69, 9.17) is 4.98 Å². The lowest BCUT2D eigenvalue weighted by molar-refractivity contribution is 0.176. The van der Waals surface area contributed by atoms with Crippen LogP contribution in [0.2, 0.25) is 0 Å². The van der Waals surface area contributed by atoms with Crippen LogP contribution in [0.25, 0.3) is 0 Å². The van der Waals surface area contributed by atoms with E-state index >= 15 is 0 Å². The Morgan fingerprint density at radius 2 is 2.10 bits per heavy atom. The number of aromatic nitrogens is 1. The topological polar surface area (TPSA) is 28.2 Å². The van der Waals surface area contributed by atoms with Gasteiger partial charge in [-0.15, -0.1) is 11.3 Å². The molecule has 21 heavy (non-hydrogen) atoms. The molecule has 1 atom stereocenters. The third kappa shape index (κ3) is 5.04. The molecule has 1 aromatic heterocycles. The van der Waals surface area contributed by atoms with Crippen LogP contribution in [-0.2, 0) is 13.1 Å². The largest absolute Gasteiger partial charge is 0.310 e. The van der Waals surface area contributed by atoms with Crippen LogP contribution in [0.15, 0.2) is 0 Å². The normalized spacial score (nSPS) is 20.6. The van der Waals surface area contributed by atoms with E-state index in [0.29, 0.717) is 12.0 Å². The van der Waals surface area contributed by atoms with Crippen molar-refractivity contribution >= 4 is 11.3 Å². The smallest absolute Gasteiger partial charge is 0.107 e. The standard InChI is InChI=1S/C17H31N3S/c1-12(2)17-15(9-18-13(3)4)21-16(19-17)11-20-8-6-7-14(5)10-20/h12-14,18H,6-11H2,1-5H3. The Bertz CT molecular complexity index is 439. The van der Waals surface area contributed by atoms with E-state index in [1.54, 1.807) is 0 Å². The summed E-state index contributed by atoms with van der Waals surface area (Å²) in [5.41, 5.74) is 1.30.